The molecule has 3 aromatic rings. The Morgan fingerprint density at radius 2 is 1.96 bits per heavy atom. The number of aromatic nitrogens is 2. The fraction of sp³-hybridized carbons (Fsp3) is 0.158. The average Bonchev–Trinajstić information content (AvgIpc) is 3.12. The second-order valence-corrected chi connectivity index (χ2v) is 6.33. The van der Waals surface area contributed by atoms with Gasteiger partial charge in [0.05, 0.1) is 6.04 Å². The Morgan fingerprint density at radius 1 is 1.12 bits per heavy atom. The van der Waals surface area contributed by atoms with Gasteiger partial charge in [0, 0.05) is 43.1 Å². The number of nitrogens with one attached hydrogen (secondary N) is 1. The minimum atomic E-state index is -0.263. The molecule has 6 heteroatoms. The summed E-state index contributed by atoms with van der Waals surface area (Å²) < 4.78 is 15.4. The lowest BCUT2D eigenvalue weighted by Gasteiger charge is -2.38. The zero-order chi connectivity index (χ0) is 17.2. The second-order valence-electron chi connectivity index (χ2n) is 5.95. The minimum absolute atomic E-state index is 0.00195. The minimum Gasteiger partial charge on any atom is -0.348 e. The molecule has 0 aliphatic carbocycles. The van der Waals surface area contributed by atoms with Crippen LogP contribution in [0.5, 0.6) is 0 Å². The topological polar surface area (TPSA) is 33.1 Å². The molecule has 0 radical (unpaired) electrons. The van der Waals surface area contributed by atoms with E-state index in [-0.39, 0.29) is 11.9 Å². The van der Waals surface area contributed by atoms with Crippen molar-refractivity contribution in [3.8, 4) is 0 Å². The summed E-state index contributed by atoms with van der Waals surface area (Å²) in [5.41, 5.74) is 3.05. The molecular formula is C19H17FN4S. The number of halogens is 1. The molecule has 0 bridgehead atoms. The first-order valence-corrected chi connectivity index (χ1v) is 8.51. The molecule has 1 N–H and O–H groups in total. The number of anilines is 1. The van der Waals surface area contributed by atoms with Gasteiger partial charge in [0.25, 0.3) is 0 Å². The fourth-order valence-corrected chi connectivity index (χ4v) is 3.53. The first kappa shape index (κ1) is 15.8. The quantitative estimate of drug-likeness (QED) is 0.711. The molecular weight excluding hydrogens is 335 g/mol. The number of fused-ring (bicyclic) bond motifs is 1. The van der Waals surface area contributed by atoms with Crippen LogP contribution in [-0.2, 0) is 6.54 Å². The average molecular weight is 352 g/mol. The van der Waals surface area contributed by atoms with Crippen LogP contribution in [0.2, 0.25) is 0 Å². The molecule has 1 atom stereocenters. The van der Waals surface area contributed by atoms with Crippen LogP contribution in [0.4, 0.5) is 10.1 Å². The van der Waals surface area contributed by atoms with E-state index in [0.29, 0.717) is 5.11 Å². The maximum atomic E-state index is 13.1. The summed E-state index contributed by atoms with van der Waals surface area (Å²) in [5, 5.41) is 3.84. The third-order valence-electron chi connectivity index (χ3n) is 4.39. The summed E-state index contributed by atoms with van der Waals surface area (Å²) in [7, 11) is 0. The van der Waals surface area contributed by atoms with Crippen LogP contribution in [-0.4, -0.2) is 26.1 Å². The monoisotopic (exact) mass is 352 g/mol. The van der Waals surface area contributed by atoms with E-state index in [1.54, 1.807) is 18.3 Å². The van der Waals surface area contributed by atoms with E-state index in [2.05, 4.69) is 44.2 Å². The second kappa shape index (κ2) is 6.64. The molecule has 4 rings (SSSR count). The van der Waals surface area contributed by atoms with Crippen molar-refractivity contribution in [1.29, 1.82) is 0 Å². The Bertz CT molecular complexity index is 876. The van der Waals surface area contributed by atoms with E-state index >= 15 is 0 Å². The Balaban J connectivity index is 1.65. The van der Waals surface area contributed by atoms with E-state index in [0.717, 1.165) is 24.3 Å². The van der Waals surface area contributed by atoms with Crippen molar-refractivity contribution in [2.24, 2.45) is 0 Å². The number of thiocarbonyl (C=S) groups is 1. The van der Waals surface area contributed by atoms with E-state index < -0.39 is 0 Å². The summed E-state index contributed by atoms with van der Waals surface area (Å²) >= 11 is 5.66. The lowest BCUT2D eigenvalue weighted by Crippen LogP contribution is -2.44. The third kappa shape index (κ3) is 3.13. The first-order chi connectivity index (χ1) is 12.2. The van der Waals surface area contributed by atoms with Gasteiger partial charge < -0.3 is 14.8 Å². The number of hydrogen-bond donors (Lipinski definition) is 1. The number of hydrogen-bond acceptors (Lipinski definition) is 2. The highest BCUT2D eigenvalue weighted by Crippen LogP contribution is 2.32. The Hall–Kier alpha value is -2.73. The maximum absolute atomic E-state index is 13.1. The summed E-state index contributed by atoms with van der Waals surface area (Å²) in [6.07, 6.45) is 5.73. The summed E-state index contributed by atoms with van der Waals surface area (Å²) in [5.74, 6) is -0.263. The predicted molar refractivity (Wildman–Crippen MR) is 99.8 cm³/mol. The SMILES string of the molecule is Fc1ccc(NC(=S)N2CCn3cccc3[C@@H]2c2cccnc2)cc1. The Labute approximate surface area is 150 Å². The zero-order valence-corrected chi connectivity index (χ0v) is 14.3. The van der Waals surface area contributed by atoms with Crippen LogP contribution in [0, 0.1) is 5.82 Å². The highest BCUT2D eigenvalue weighted by atomic mass is 32.1. The molecule has 4 nitrogen and oxygen atoms in total. The first-order valence-electron chi connectivity index (χ1n) is 8.10. The highest BCUT2D eigenvalue weighted by molar-refractivity contribution is 7.80. The normalized spacial score (nSPS) is 16.4. The molecule has 1 aliphatic rings. The van der Waals surface area contributed by atoms with Crippen molar-refractivity contribution in [2.45, 2.75) is 12.6 Å². The van der Waals surface area contributed by atoms with Gasteiger partial charge in [0.1, 0.15) is 5.82 Å². The molecule has 0 spiro atoms. The molecule has 0 unspecified atom stereocenters. The molecule has 0 saturated carbocycles. The van der Waals surface area contributed by atoms with Crippen LogP contribution in [0.25, 0.3) is 0 Å². The smallest absolute Gasteiger partial charge is 0.174 e. The van der Waals surface area contributed by atoms with Gasteiger partial charge >= 0.3 is 0 Å². The van der Waals surface area contributed by atoms with Crippen molar-refractivity contribution in [1.82, 2.24) is 14.5 Å². The summed E-state index contributed by atoms with van der Waals surface area (Å²) in [6, 6.07) is 14.4. The van der Waals surface area contributed by atoms with Gasteiger partial charge in [-0.3, -0.25) is 4.98 Å². The van der Waals surface area contributed by atoms with Crippen molar-refractivity contribution in [2.75, 3.05) is 11.9 Å². The Kier molecular flexibility index (Phi) is 4.19. The number of rotatable bonds is 2. The standard InChI is InChI=1S/C19H17FN4S/c20-15-5-7-16(8-6-15)22-19(25)24-12-11-23-10-2-4-17(23)18(24)14-3-1-9-21-13-14/h1-10,13,18H,11-12H2,(H,22,25)/t18-/m0/s1. The number of nitrogens with zero attached hydrogens (tertiary/aromatic N) is 3. The molecule has 25 heavy (non-hydrogen) atoms. The fourth-order valence-electron chi connectivity index (χ4n) is 3.22. The lowest BCUT2D eigenvalue weighted by molar-refractivity contribution is 0.293. The van der Waals surface area contributed by atoms with Gasteiger partial charge in [-0.1, -0.05) is 6.07 Å². The van der Waals surface area contributed by atoms with Gasteiger partial charge in [-0.15, -0.1) is 0 Å². The Morgan fingerprint density at radius 3 is 2.72 bits per heavy atom. The van der Waals surface area contributed by atoms with E-state index in [1.165, 1.54) is 17.8 Å². The van der Waals surface area contributed by atoms with Crippen LogP contribution < -0.4 is 5.32 Å². The third-order valence-corrected chi connectivity index (χ3v) is 4.73. The summed E-state index contributed by atoms with van der Waals surface area (Å²) in [6.45, 7) is 1.65. The molecule has 0 saturated heterocycles. The van der Waals surface area contributed by atoms with Crippen LogP contribution >= 0.6 is 12.2 Å². The molecule has 2 aromatic heterocycles. The van der Waals surface area contributed by atoms with Gasteiger partial charge in [-0.25, -0.2) is 4.39 Å². The van der Waals surface area contributed by atoms with Gasteiger partial charge in [-0.2, -0.15) is 0 Å². The molecule has 1 aliphatic heterocycles. The van der Waals surface area contributed by atoms with Gasteiger partial charge in [0.15, 0.2) is 5.11 Å². The molecule has 3 heterocycles. The molecule has 126 valence electrons. The van der Waals surface area contributed by atoms with E-state index in [4.69, 9.17) is 12.2 Å². The zero-order valence-electron chi connectivity index (χ0n) is 13.5. The van der Waals surface area contributed by atoms with Crippen molar-refractivity contribution >= 4 is 23.0 Å². The highest BCUT2D eigenvalue weighted by Gasteiger charge is 2.30. The molecule has 0 fully saturated rings. The predicted octanol–water partition coefficient (Wildman–Crippen LogP) is 3.82. The lowest BCUT2D eigenvalue weighted by atomic mass is 10.0. The van der Waals surface area contributed by atoms with Crippen LogP contribution in [0.15, 0.2) is 67.1 Å². The number of benzene rings is 1. The summed E-state index contributed by atoms with van der Waals surface area (Å²) in [4.78, 5) is 6.42. The van der Waals surface area contributed by atoms with Crippen LogP contribution in [0.3, 0.4) is 0 Å². The molecule has 1 aromatic carbocycles. The van der Waals surface area contributed by atoms with Gasteiger partial charge in [0.2, 0.25) is 0 Å². The van der Waals surface area contributed by atoms with Crippen molar-refractivity contribution in [3.63, 3.8) is 0 Å². The van der Waals surface area contributed by atoms with E-state index in [9.17, 15) is 4.39 Å². The number of pyridine rings is 1. The molecule has 0 amide bonds. The van der Waals surface area contributed by atoms with Crippen molar-refractivity contribution in [3.05, 3.63) is 84.2 Å². The van der Waals surface area contributed by atoms with Gasteiger partial charge in [-0.05, 0) is 60.2 Å². The van der Waals surface area contributed by atoms with E-state index in [1.807, 2.05) is 12.3 Å². The largest absolute Gasteiger partial charge is 0.348 e. The maximum Gasteiger partial charge on any atom is 0.174 e. The van der Waals surface area contributed by atoms with Crippen LogP contribution in [0.1, 0.15) is 17.3 Å². The van der Waals surface area contributed by atoms with Crippen molar-refractivity contribution < 1.29 is 4.39 Å².